The van der Waals surface area contributed by atoms with Crippen LogP contribution in [0.1, 0.15) is 31.2 Å². The molecule has 1 aromatic rings. The van der Waals surface area contributed by atoms with E-state index in [0.717, 1.165) is 5.56 Å². The van der Waals surface area contributed by atoms with Crippen LogP contribution in [0.3, 0.4) is 0 Å². The molecule has 0 radical (unpaired) electrons. The molecule has 0 unspecified atom stereocenters. The molecule has 24 heavy (non-hydrogen) atoms. The molecule has 0 fully saturated rings. The molecule has 0 bridgehead atoms. The number of rotatable bonds is 7. The fourth-order valence-corrected chi connectivity index (χ4v) is 2.97. The van der Waals surface area contributed by atoms with Gasteiger partial charge in [0.2, 0.25) is 0 Å². The van der Waals surface area contributed by atoms with Crippen molar-refractivity contribution in [3.8, 4) is 0 Å². The number of carboxylic acids is 1. The predicted octanol–water partition coefficient (Wildman–Crippen LogP) is 3.19. The minimum absolute atomic E-state index is 0.0125. The smallest absolute Gasteiger partial charge is 0.333 e. The van der Waals surface area contributed by atoms with Crippen molar-refractivity contribution in [3.63, 3.8) is 0 Å². The lowest BCUT2D eigenvalue weighted by molar-refractivity contribution is -0.142. The van der Waals surface area contributed by atoms with Gasteiger partial charge in [-0.05, 0) is 37.2 Å². The first-order valence-electron chi connectivity index (χ1n) is 8.23. The van der Waals surface area contributed by atoms with E-state index >= 15 is 0 Å². The van der Waals surface area contributed by atoms with Crippen molar-refractivity contribution < 1.29 is 24.2 Å². The minimum Gasteiger partial charge on any atom is -0.481 e. The van der Waals surface area contributed by atoms with Gasteiger partial charge in [0.25, 0.3) is 0 Å². The van der Waals surface area contributed by atoms with E-state index < -0.39 is 11.9 Å². The first-order valence-corrected chi connectivity index (χ1v) is 8.23. The summed E-state index contributed by atoms with van der Waals surface area (Å²) in [4.78, 5) is 23.1. The molecule has 130 valence electrons. The van der Waals surface area contributed by atoms with Gasteiger partial charge in [-0.1, -0.05) is 36.4 Å². The Hall–Kier alpha value is -2.14. The number of methoxy groups -OCH3 is 1. The van der Waals surface area contributed by atoms with Gasteiger partial charge in [-0.25, -0.2) is 4.79 Å². The standard InChI is InChI=1S/C19H24O5/c1-23-19(22)17-8-7-16(18(20)21)11-15(12-17)9-10-24-13-14-5-3-2-4-6-14/h2-6,12,15-16H,7-11,13H2,1H3,(H,20,21)/t15-,16-/m1/s1. The first kappa shape index (κ1) is 18.2. The van der Waals surface area contributed by atoms with Gasteiger partial charge >= 0.3 is 11.9 Å². The summed E-state index contributed by atoms with van der Waals surface area (Å²) in [7, 11) is 1.35. The number of esters is 1. The maximum Gasteiger partial charge on any atom is 0.333 e. The third-order valence-corrected chi connectivity index (χ3v) is 4.33. The van der Waals surface area contributed by atoms with Crippen LogP contribution in [0.25, 0.3) is 0 Å². The third-order valence-electron chi connectivity index (χ3n) is 4.33. The summed E-state index contributed by atoms with van der Waals surface area (Å²) in [5, 5.41) is 9.31. The molecule has 0 heterocycles. The fraction of sp³-hybridized carbons (Fsp3) is 0.474. The van der Waals surface area contributed by atoms with E-state index in [0.29, 0.717) is 44.5 Å². The maximum atomic E-state index is 11.8. The van der Waals surface area contributed by atoms with Crippen LogP contribution < -0.4 is 0 Å². The van der Waals surface area contributed by atoms with E-state index in [4.69, 9.17) is 9.47 Å². The number of carbonyl (C=O) groups excluding carboxylic acids is 1. The van der Waals surface area contributed by atoms with E-state index in [9.17, 15) is 14.7 Å². The maximum absolute atomic E-state index is 11.8. The lowest BCUT2D eigenvalue weighted by Gasteiger charge is -2.15. The van der Waals surface area contributed by atoms with Gasteiger partial charge in [-0.15, -0.1) is 0 Å². The molecule has 0 saturated carbocycles. The van der Waals surface area contributed by atoms with E-state index in [2.05, 4.69) is 0 Å². The van der Waals surface area contributed by atoms with E-state index in [1.165, 1.54) is 7.11 Å². The Labute approximate surface area is 142 Å². The number of carbonyl (C=O) groups is 2. The van der Waals surface area contributed by atoms with Gasteiger partial charge in [0, 0.05) is 12.2 Å². The quantitative estimate of drug-likeness (QED) is 0.613. The summed E-state index contributed by atoms with van der Waals surface area (Å²) >= 11 is 0. The van der Waals surface area contributed by atoms with Crippen molar-refractivity contribution in [2.75, 3.05) is 13.7 Å². The van der Waals surface area contributed by atoms with Crippen molar-refractivity contribution in [3.05, 3.63) is 47.5 Å². The van der Waals surface area contributed by atoms with Crippen LogP contribution >= 0.6 is 0 Å². The topological polar surface area (TPSA) is 72.8 Å². The predicted molar refractivity (Wildman–Crippen MR) is 89.3 cm³/mol. The van der Waals surface area contributed by atoms with Gasteiger partial charge in [-0.2, -0.15) is 0 Å². The average Bonchev–Trinajstić information content (AvgIpc) is 2.82. The molecular formula is C19H24O5. The van der Waals surface area contributed by atoms with Crippen LogP contribution in [0, 0.1) is 11.8 Å². The van der Waals surface area contributed by atoms with Crippen molar-refractivity contribution >= 4 is 11.9 Å². The molecule has 0 aromatic heterocycles. The Morgan fingerprint density at radius 2 is 2.00 bits per heavy atom. The summed E-state index contributed by atoms with van der Waals surface area (Å²) in [5.41, 5.74) is 1.68. The number of aliphatic carboxylic acids is 1. The van der Waals surface area contributed by atoms with Gasteiger partial charge in [0.15, 0.2) is 0 Å². The molecule has 0 aliphatic heterocycles. The summed E-state index contributed by atoms with van der Waals surface area (Å²) < 4.78 is 10.5. The summed E-state index contributed by atoms with van der Waals surface area (Å²) in [6.07, 6.45) is 4.02. The third kappa shape index (κ3) is 5.49. The van der Waals surface area contributed by atoms with E-state index in [-0.39, 0.29) is 11.9 Å². The van der Waals surface area contributed by atoms with Crippen molar-refractivity contribution in [1.82, 2.24) is 0 Å². The van der Waals surface area contributed by atoms with Gasteiger partial charge in [0.1, 0.15) is 0 Å². The highest BCUT2D eigenvalue weighted by Crippen LogP contribution is 2.29. The molecule has 5 heteroatoms. The summed E-state index contributed by atoms with van der Waals surface area (Å²) in [6.45, 7) is 1.06. The second kappa shape index (κ2) is 9.23. The molecule has 0 amide bonds. The highest BCUT2D eigenvalue weighted by Gasteiger charge is 2.27. The number of hydrogen-bond donors (Lipinski definition) is 1. The number of ether oxygens (including phenoxy) is 2. The molecule has 0 spiro atoms. The molecule has 1 N–H and O–H groups in total. The Bertz CT molecular complexity index is 579. The fourth-order valence-electron chi connectivity index (χ4n) is 2.97. The van der Waals surface area contributed by atoms with Gasteiger partial charge in [-0.3, -0.25) is 4.79 Å². The Morgan fingerprint density at radius 1 is 1.25 bits per heavy atom. The van der Waals surface area contributed by atoms with Crippen molar-refractivity contribution in [2.45, 2.75) is 32.3 Å². The molecule has 1 aromatic carbocycles. The van der Waals surface area contributed by atoms with Crippen LogP contribution in [0.5, 0.6) is 0 Å². The lowest BCUT2D eigenvalue weighted by Crippen LogP contribution is -2.16. The van der Waals surface area contributed by atoms with Gasteiger partial charge < -0.3 is 14.6 Å². The first-order chi connectivity index (χ1) is 11.6. The number of allylic oxidation sites excluding steroid dienone is 1. The molecule has 1 aliphatic carbocycles. The van der Waals surface area contributed by atoms with Crippen LogP contribution in [-0.4, -0.2) is 30.8 Å². The van der Waals surface area contributed by atoms with Crippen LogP contribution in [0.4, 0.5) is 0 Å². The summed E-state index contributed by atoms with van der Waals surface area (Å²) in [6, 6.07) is 9.89. The highest BCUT2D eigenvalue weighted by atomic mass is 16.5. The molecule has 0 saturated heterocycles. The van der Waals surface area contributed by atoms with Crippen molar-refractivity contribution in [1.29, 1.82) is 0 Å². The second-order valence-electron chi connectivity index (χ2n) is 6.08. The number of carboxylic acid groups (broad SMARTS) is 1. The Balaban J connectivity index is 1.90. The number of benzene rings is 1. The Morgan fingerprint density at radius 3 is 2.67 bits per heavy atom. The lowest BCUT2D eigenvalue weighted by atomic mass is 9.92. The van der Waals surface area contributed by atoms with Crippen LogP contribution in [-0.2, 0) is 25.7 Å². The molecule has 1 aliphatic rings. The van der Waals surface area contributed by atoms with E-state index in [1.54, 1.807) is 0 Å². The summed E-state index contributed by atoms with van der Waals surface area (Å²) in [5.74, 6) is -1.58. The largest absolute Gasteiger partial charge is 0.481 e. The average molecular weight is 332 g/mol. The van der Waals surface area contributed by atoms with Crippen molar-refractivity contribution in [2.24, 2.45) is 11.8 Å². The minimum atomic E-state index is -0.801. The molecule has 5 nitrogen and oxygen atoms in total. The van der Waals surface area contributed by atoms with E-state index in [1.807, 2.05) is 36.4 Å². The Kier molecular flexibility index (Phi) is 7.00. The molecule has 2 atom stereocenters. The number of hydrogen-bond acceptors (Lipinski definition) is 4. The zero-order chi connectivity index (χ0) is 17.4. The highest BCUT2D eigenvalue weighted by molar-refractivity contribution is 5.88. The SMILES string of the molecule is COC(=O)C1=C[C@H](CCOCc2ccccc2)C[C@H](C(=O)O)CC1. The van der Waals surface area contributed by atoms with Crippen LogP contribution in [0.15, 0.2) is 42.0 Å². The zero-order valence-corrected chi connectivity index (χ0v) is 13.9. The van der Waals surface area contributed by atoms with Crippen LogP contribution in [0.2, 0.25) is 0 Å². The monoisotopic (exact) mass is 332 g/mol. The zero-order valence-electron chi connectivity index (χ0n) is 13.9. The molecule has 2 rings (SSSR count). The normalized spacial score (nSPS) is 20.8. The second-order valence-corrected chi connectivity index (χ2v) is 6.08. The molecular weight excluding hydrogens is 308 g/mol. The van der Waals surface area contributed by atoms with Gasteiger partial charge in [0.05, 0.1) is 19.6 Å².